The number of benzene rings is 3. The van der Waals surface area contributed by atoms with E-state index in [1.807, 2.05) is 55.5 Å². The maximum absolute atomic E-state index is 11.9. The van der Waals surface area contributed by atoms with Crippen LogP contribution in [0.25, 0.3) is 0 Å². The Morgan fingerprint density at radius 2 is 1.60 bits per heavy atom. The molecular weight excluding hydrogens is 446 g/mol. The maximum Gasteiger partial charge on any atom is 0.329 e. The third kappa shape index (κ3) is 6.56. The molecule has 0 spiro atoms. The van der Waals surface area contributed by atoms with E-state index in [9.17, 15) is 9.59 Å². The highest BCUT2D eigenvalue weighted by Gasteiger charge is 2.12. The van der Waals surface area contributed by atoms with E-state index in [4.69, 9.17) is 4.74 Å². The fraction of sp³-hybridized carbons (Fsp3) is 0.0870. The molecule has 0 aliphatic carbocycles. The molecule has 2 amide bonds. The molecular formula is C23H20BrN3O3. The molecule has 0 fully saturated rings. The van der Waals surface area contributed by atoms with Crippen LogP contribution < -0.4 is 15.5 Å². The molecule has 0 saturated heterocycles. The second-order valence-electron chi connectivity index (χ2n) is 6.50. The van der Waals surface area contributed by atoms with Gasteiger partial charge in [-0.05, 0) is 66.6 Å². The minimum Gasteiger partial charge on any atom is -0.489 e. The van der Waals surface area contributed by atoms with E-state index >= 15 is 0 Å². The zero-order chi connectivity index (χ0) is 21.3. The first kappa shape index (κ1) is 21.3. The van der Waals surface area contributed by atoms with Gasteiger partial charge < -0.3 is 10.1 Å². The second kappa shape index (κ2) is 10.4. The molecule has 6 nitrogen and oxygen atoms in total. The number of rotatable bonds is 6. The highest BCUT2D eigenvalue weighted by Crippen LogP contribution is 2.15. The van der Waals surface area contributed by atoms with Gasteiger partial charge in [-0.2, -0.15) is 5.10 Å². The summed E-state index contributed by atoms with van der Waals surface area (Å²) >= 11 is 3.30. The molecule has 0 aromatic heterocycles. The van der Waals surface area contributed by atoms with Crippen LogP contribution in [-0.2, 0) is 16.2 Å². The molecule has 0 radical (unpaired) electrons. The topological polar surface area (TPSA) is 79.8 Å². The average Bonchev–Trinajstić information content (AvgIpc) is 2.76. The Balaban J connectivity index is 1.46. The molecule has 3 rings (SSSR count). The zero-order valence-corrected chi connectivity index (χ0v) is 17.8. The number of carbonyl (C=O) groups is 2. The minimum atomic E-state index is -0.854. The largest absolute Gasteiger partial charge is 0.489 e. The smallest absolute Gasteiger partial charge is 0.329 e. The van der Waals surface area contributed by atoms with Gasteiger partial charge in [-0.1, -0.05) is 45.8 Å². The van der Waals surface area contributed by atoms with Gasteiger partial charge in [-0.3, -0.25) is 9.59 Å². The summed E-state index contributed by atoms with van der Waals surface area (Å²) in [4.78, 5) is 23.7. The third-order valence-corrected chi connectivity index (χ3v) is 4.62. The van der Waals surface area contributed by atoms with Gasteiger partial charge in [0.1, 0.15) is 12.4 Å². The number of hydrazone groups is 1. The summed E-state index contributed by atoms with van der Waals surface area (Å²) in [6.45, 7) is 2.53. The minimum absolute atomic E-state index is 0.483. The van der Waals surface area contributed by atoms with E-state index in [1.165, 1.54) is 11.8 Å². The second-order valence-corrected chi connectivity index (χ2v) is 7.42. The number of carbonyl (C=O) groups excluding carboxylic acids is 2. The summed E-state index contributed by atoms with van der Waals surface area (Å²) in [5, 5.41) is 6.31. The van der Waals surface area contributed by atoms with Crippen LogP contribution in [0.4, 0.5) is 5.69 Å². The van der Waals surface area contributed by atoms with Crippen LogP contribution in [0.3, 0.4) is 0 Å². The normalized spacial score (nSPS) is 10.6. The number of hydrogen-bond acceptors (Lipinski definition) is 4. The number of ether oxygens (including phenoxy) is 1. The summed E-state index contributed by atoms with van der Waals surface area (Å²) < 4.78 is 6.63. The lowest BCUT2D eigenvalue weighted by molar-refractivity contribution is -0.136. The summed E-state index contributed by atoms with van der Waals surface area (Å²) in [5.74, 6) is -0.924. The van der Waals surface area contributed by atoms with Crippen LogP contribution in [-0.4, -0.2) is 18.0 Å². The lowest BCUT2D eigenvalue weighted by Crippen LogP contribution is -2.32. The van der Waals surface area contributed by atoms with Crippen molar-refractivity contribution in [3.63, 3.8) is 0 Å². The van der Waals surface area contributed by atoms with E-state index in [2.05, 4.69) is 31.8 Å². The van der Waals surface area contributed by atoms with Crippen molar-refractivity contribution in [2.45, 2.75) is 13.5 Å². The standard InChI is InChI=1S/C23H20BrN3O3/c1-16-2-4-18(5-3-16)15-30-21-12-6-17(7-13-21)14-25-27-23(29)22(28)26-20-10-8-19(24)9-11-20/h2-14H,15H2,1H3,(H,26,28)(H,27,29). The first-order chi connectivity index (χ1) is 14.5. The van der Waals surface area contributed by atoms with E-state index in [0.29, 0.717) is 12.3 Å². The van der Waals surface area contributed by atoms with Crippen LogP contribution in [0.1, 0.15) is 16.7 Å². The van der Waals surface area contributed by atoms with Gasteiger partial charge in [0.25, 0.3) is 0 Å². The van der Waals surface area contributed by atoms with Gasteiger partial charge in [-0.25, -0.2) is 5.43 Å². The summed E-state index contributed by atoms with van der Waals surface area (Å²) in [6, 6.07) is 22.3. The zero-order valence-electron chi connectivity index (χ0n) is 16.3. The molecule has 152 valence electrons. The molecule has 0 bridgehead atoms. The SMILES string of the molecule is Cc1ccc(COc2ccc(C=NNC(=O)C(=O)Nc3ccc(Br)cc3)cc2)cc1. The maximum atomic E-state index is 11.9. The average molecular weight is 466 g/mol. The third-order valence-electron chi connectivity index (χ3n) is 4.09. The van der Waals surface area contributed by atoms with Crippen molar-refractivity contribution in [2.75, 3.05) is 5.32 Å². The predicted octanol–water partition coefficient (Wildman–Crippen LogP) is 4.43. The predicted molar refractivity (Wildman–Crippen MR) is 120 cm³/mol. The van der Waals surface area contributed by atoms with Crippen molar-refractivity contribution in [3.05, 3.63) is 94.0 Å². The Kier molecular flexibility index (Phi) is 7.34. The molecule has 30 heavy (non-hydrogen) atoms. The molecule has 2 N–H and O–H groups in total. The van der Waals surface area contributed by atoms with E-state index < -0.39 is 11.8 Å². The highest BCUT2D eigenvalue weighted by molar-refractivity contribution is 9.10. The Morgan fingerprint density at radius 3 is 2.27 bits per heavy atom. The monoisotopic (exact) mass is 465 g/mol. The van der Waals surface area contributed by atoms with Gasteiger partial charge in [0.2, 0.25) is 0 Å². The van der Waals surface area contributed by atoms with E-state index in [-0.39, 0.29) is 0 Å². The van der Waals surface area contributed by atoms with Crippen molar-refractivity contribution >= 4 is 39.6 Å². The number of nitrogens with zero attached hydrogens (tertiary/aromatic N) is 1. The summed E-state index contributed by atoms with van der Waals surface area (Å²) in [6.07, 6.45) is 1.45. The van der Waals surface area contributed by atoms with Crippen LogP contribution >= 0.6 is 15.9 Å². The fourth-order valence-corrected chi connectivity index (χ4v) is 2.70. The van der Waals surface area contributed by atoms with E-state index in [0.717, 1.165) is 21.3 Å². The molecule has 0 unspecified atom stereocenters. The van der Waals surface area contributed by atoms with Crippen molar-refractivity contribution in [2.24, 2.45) is 5.10 Å². The molecule has 0 saturated carbocycles. The van der Waals surface area contributed by atoms with Crippen LogP contribution in [0.2, 0.25) is 0 Å². The molecule has 0 aliphatic heterocycles. The van der Waals surface area contributed by atoms with Crippen LogP contribution in [0.5, 0.6) is 5.75 Å². The number of nitrogens with one attached hydrogen (secondary N) is 2. The number of hydrogen-bond donors (Lipinski definition) is 2. The first-order valence-electron chi connectivity index (χ1n) is 9.18. The lowest BCUT2D eigenvalue weighted by Gasteiger charge is -2.07. The van der Waals surface area contributed by atoms with E-state index in [1.54, 1.807) is 24.3 Å². The van der Waals surface area contributed by atoms with Crippen molar-refractivity contribution in [3.8, 4) is 5.75 Å². The van der Waals surface area contributed by atoms with Gasteiger partial charge in [0.05, 0.1) is 6.21 Å². The lowest BCUT2D eigenvalue weighted by atomic mass is 10.2. The Labute approximate surface area is 183 Å². The van der Waals surface area contributed by atoms with Crippen molar-refractivity contribution in [1.29, 1.82) is 0 Å². The summed E-state index contributed by atoms with van der Waals surface area (Å²) in [7, 11) is 0. The van der Waals surface area contributed by atoms with Crippen LogP contribution in [0, 0.1) is 6.92 Å². The van der Waals surface area contributed by atoms with Gasteiger partial charge in [-0.15, -0.1) is 0 Å². The highest BCUT2D eigenvalue weighted by atomic mass is 79.9. The molecule has 0 heterocycles. The number of amides is 2. The number of aryl methyl sites for hydroxylation is 1. The van der Waals surface area contributed by atoms with Crippen molar-refractivity contribution in [1.82, 2.24) is 5.43 Å². The molecule has 3 aromatic rings. The van der Waals surface area contributed by atoms with Gasteiger partial charge >= 0.3 is 11.8 Å². The summed E-state index contributed by atoms with van der Waals surface area (Å²) in [5.41, 5.74) is 5.78. The van der Waals surface area contributed by atoms with Gasteiger partial charge in [0.15, 0.2) is 0 Å². The Hall–Kier alpha value is -3.45. The van der Waals surface area contributed by atoms with Crippen LogP contribution in [0.15, 0.2) is 82.4 Å². The van der Waals surface area contributed by atoms with Gasteiger partial charge in [0, 0.05) is 10.2 Å². The first-order valence-corrected chi connectivity index (χ1v) is 9.97. The molecule has 0 aliphatic rings. The quantitative estimate of drug-likeness (QED) is 0.321. The molecule has 3 aromatic carbocycles. The number of halogens is 1. The van der Waals surface area contributed by atoms with Crippen molar-refractivity contribution < 1.29 is 14.3 Å². The number of anilines is 1. The Morgan fingerprint density at radius 1 is 0.933 bits per heavy atom. The molecule has 7 heteroatoms. The fourth-order valence-electron chi connectivity index (χ4n) is 2.44. The molecule has 0 atom stereocenters. The Bertz CT molecular complexity index is 1030.